The van der Waals surface area contributed by atoms with Gasteiger partial charge >= 0.3 is 5.97 Å². The average molecular weight is 462 g/mol. The van der Waals surface area contributed by atoms with Gasteiger partial charge in [0.2, 0.25) is 0 Å². The Balaban J connectivity index is 0.00000512. The zero-order valence-corrected chi connectivity index (χ0v) is 19.6. The Kier molecular flexibility index (Phi) is 10.7. The minimum absolute atomic E-state index is 0. The smallest absolute Gasteiger partial charge is 0.330 e. The fourth-order valence-electron chi connectivity index (χ4n) is 3.24. The Morgan fingerprint density at radius 1 is 1.25 bits per heavy atom. The number of carboxylic acids is 1. The number of nitrogens with one attached hydrogen (secondary N) is 2. The molecule has 0 heterocycles. The van der Waals surface area contributed by atoms with E-state index in [0.717, 1.165) is 23.1 Å². The van der Waals surface area contributed by atoms with Crippen LogP contribution in [0.5, 0.6) is 5.75 Å². The molecule has 0 aliphatic carbocycles. The van der Waals surface area contributed by atoms with Crippen LogP contribution in [-0.4, -0.2) is 37.2 Å². The van der Waals surface area contributed by atoms with E-state index in [1.807, 2.05) is 26.0 Å². The SMILES string of the molecule is C=C(C)Cc1cc(CC)cc(C(Nc2ccc(C(=N)N)cc2)C(=O)O)c1OCCOC.Cl. The Labute approximate surface area is 195 Å². The molecule has 0 saturated carbocycles. The van der Waals surface area contributed by atoms with Crippen LogP contribution in [0.4, 0.5) is 5.69 Å². The number of hydrogen-bond acceptors (Lipinski definition) is 5. The number of nitrogen functional groups attached to an aromatic ring is 1. The van der Waals surface area contributed by atoms with Crippen molar-refractivity contribution in [3.8, 4) is 5.75 Å². The maximum absolute atomic E-state index is 12.3. The summed E-state index contributed by atoms with van der Waals surface area (Å²) in [5.41, 5.74) is 10.1. The third-order valence-electron chi connectivity index (χ3n) is 4.75. The second-order valence-corrected chi connectivity index (χ2v) is 7.41. The molecule has 8 heteroatoms. The number of amidine groups is 1. The number of aliphatic carboxylic acids is 1. The summed E-state index contributed by atoms with van der Waals surface area (Å²) in [5, 5.41) is 20.6. The van der Waals surface area contributed by atoms with Gasteiger partial charge in [-0.3, -0.25) is 5.41 Å². The van der Waals surface area contributed by atoms with Crippen LogP contribution < -0.4 is 15.8 Å². The van der Waals surface area contributed by atoms with Crippen molar-refractivity contribution >= 4 is 29.9 Å². The van der Waals surface area contributed by atoms with Crippen LogP contribution in [0.25, 0.3) is 0 Å². The van der Waals surface area contributed by atoms with Crippen molar-refractivity contribution in [2.24, 2.45) is 5.73 Å². The lowest BCUT2D eigenvalue weighted by atomic mass is 9.94. The quantitative estimate of drug-likeness (QED) is 0.162. The number of nitrogens with two attached hydrogens (primary N) is 1. The van der Waals surface area contributed by atoms with Gasteiger partial charge in [0.1, 0.15) is 18.2 Å². The molecule has 0 radical (unpaired) electrons. The first kappa shape index (κ1) is 27.0. The van der Waals surface area contributed by atoms with Gasteiger partial charge in [0.05, 0.1) is 6.61 Å². The van der Waals surface area contributed by atoms with Gasteiger partial charge in [-0.25, -0.2) is 4.79 Å². The van der Waals surface area contributed by atoms with Crippen LogP contribution in [-0.2, 0) is 22.4 Å². The summed E-state index contributed by atoms with van der Waals surface area (Å²) in [5.74, 6) is -0.533. The van der Waals surface area contributed by atoms with Crippen LogP contribution in [0.1, 0.15) is 42.1 Å². The number of methoxy groups -OCH3 is 1. The molecule has 0 bridgehead atoms. The molecule has 0 fully saturated rings. The number of anilines is 1. The largest absolute Gasteiger partial charge is 0.491 e. The summed E-state index contributed by atoms with van der Waals surface area (Å²) in [6.45, 7) is 8.65. The van der Waals surface area contributed by atoms with E-state index in [-0.39, 0.29) is 18.2 Å². The maximum Gasteiger partial charge on any atom is 0.330 e. The average Bonchev–Trinajstić information content (AvgIpc) is 2.72. The molecule has 2 rings (SSSR count). The first-order chi connectivity index (χ1) is 14.8. The highest BCUT2D eigenvalue weighted by atomic mass is 35.5. The first-order valence-electron chi connectivity index (χ1n) is 10.1. The van der Waals surface area contributed by atoms with Gasteiger partial charge in [-0.2, -0.15) is 0 Å². The van der Waals surface area contributed by atoms with Crippen molar-refractivity contribution in [1.29, 1.82) is 5.41 Å². The van der Waals surface area contributed by atoms with Crippen molar-refractivity contribution in [1.82, 2.24) is 0 Å². The molecule has 1 atom stereocenters. The lowest BCUT2D eigenvalue weighted by Gasteiger charge is -2.23. The van der Waals surface area contributed by atoms with Gasteiger partial charge in [0.25, 0.3) is 0 Å². The first-order valence-corrected chi connectivity index (χ1v) is 10.1. The molecule has 174 valence electrons. The Bertz CT molecular complexity index is 945. The fraction of sp³-hybridized carbons (Fsp3) is 0.333. The highest BCUT2D eigenvalue weighted by Gasteiger charge is 2.26. The molecule has 0 aliphatic rings. The predicted octanol–water partition coefficient (Wildman–Crippen LogP) is 4.34. The number of rotatable bonds is 12. The number of benzene rings is 2. The molecule has 32 heavy (non-hydrogen) atoms. The van der Waals surface area contributed by atoms with E-state index in [1.165, 1.54) is 0 Å². The van der Waals surface area contributed by atoms with Crippen LogP contribution >= 0.6 is 12.4 Å². The Morgan fingerprint density at radius 3 is 2.41 bits per heavy atom. The second kappa shape index (κ2) is 12.7. The van der Waals surface area contributed by atoms with E-state index in [2.05, 4.69) is 11.9 Å². The van der Waals surface area contributed by atoms with Gasteiger partial charge in [-0.05, 0) is 61.2 Å². The summed E-state index contributed by atoms with van der Waals surface area (Å²) in [6, 6.07) is 9.65. The number of ether oxygens (including phenoxy) is 2. The van der Waals surface area contributed by atoms with Crippen molar-refractivity contribution < 1.29 is 19.4 Å². The van der Waals surface area contributed by atoms with E-state index >= 15 is 0 Å². The summed E-state index contributed by atoms with van der Waals surface area (Å²) < 4.78 is 11.1. The third-order valence-corrected chi connectivity index (χ3v) is 4.75. The van der Waals surface area contributed by atoms with Crippen molar-refractivity contribution in [3.05, 3.63) is 70.8 Å². The molecule has 2 aromatic rings. The van der Waals surface area contributed by atoms with Crippen LogP contribution in [0, 0.1) is 5.41 Å². The van der Waals surface area contributed by atoms with Crippen LogP contribution in [0.2, 0.25) is 0 Å². The Hall–Kier alpha value is -3.03. The number of carboxylic acid groups (broad SMARTS) is 1. The van der Waals surface area contributed by atoms with E-state index in [0.29, 0.717) is 42.2 Å². The highest BCUT2D eigenvalue weighted by molar-refractivity contribution is 5.95. The molecule has 0 saturated heterocycles. The molecule has 7 nitrogen and oxygen atoms in total. The molecule has 5 N–H and O–H groups in total. The van der Waals surface area contributed by atoms with E-state index in [9.17, 15) is 9.90 Å². The number of hydrogen-bond donors (Lipinski definition) is 4. The molecule has 0 spiro atoms. The van der Waals surface area contributed by atoms with Crippen LogP contribution in [0.3, 0.4) is 0 Å². The van der Waals surface area contributed by atoms with Crippen molar-refractivity contribution in [2.45, 2.75) is 32.7 Å². The van der Waals surface area contributed by atoms with Crippen molar-refractivity contribution in [3.63, 3.8) is 0 Å². The monoisotopic (exact) mass is 461 g/mol. The normalized spacial score (nSPS) is 11.2. The van der Waals surface area contributed by atoms with Gasteiger partial charge in [-0.15, -0.1) is 12.4 Å². The lowest BCUT2D eigenvalue weighted by molar-refractivity contribution is -0.138. The molecule has 0 amide bonds. The molecule has 2 aromatic carbocycles. The lowest BCUT2D eigenvalue weighted by Crippen LogP contribution is -2.23. The van der Waals surface area contributed by atoms with Gasteiger partial charge in [0, 0.05) is 23.9 Å². The molecule has 0 aromatic heterocycles. The van der Waals surface area contributed by atoms with Gasteiger partial charge in [-0.1, -0.05) is 25.1 Å². The van der Waals surface area contributed by atoms with Crippen molar-refractivity contribution in [2.75, 3.05) is 25.6 Å². The summed E-state index contributed by atoms with van der Waals surface area (Å²) in [4.78, 5) is 12.3. The van der Waals surface area contributed by atoms with Gasteiger partial charge < -0.3 is 25.6 Å². The number of aryl methyl sites for hydroxylation is 1. The van der Waals surface area contributed by atoms with E-state index < -0.39 is 12.0 Å². The fourth-order valence-corrected chi connectivity index (χ4v) is 3.24. The summed E-state index contributed by atoms with van der Waals surface area (Å²) in [6.07, 6.45) is 1.34. The number of carbonyl (C=O) groups is 1. The minimum Gasteiger partial charge on any atom is -0.491 e. The number of halogens is 1. The summed E-state index contributed by atoms with van der Waals surface area (Å²) in [7, 11) is 1.59. The minimum atomic E-state index is -1.03. The molecule has 1 unspecified atom stereocenters. The highest BCUT2D eigenvalue weighted by Crippen LogP contribution is 2.35. The third kappa shape index (κ3) is 7.28. The van der Waals surface area contributed by atoms with E-state index in [1.54, 1.807) is 31.4 Å². The second-order valence-electron chi connectivity index (χ2n) is 7.41. The molecular formula is C24H32ClN3O4. The molecular weight excluding hydrogens is 430 g/mol. The predicted molar refractivity (Wildman–Crippen MR) is 130 cm³/mol. The number of allylic oxidation sites excluding steroid dienone is 1. The topological polar surface area (TPSA) is 118 Å². The summed E-state index contributed by atoms with van der Waals surface area (Å²) >= 11 is 0. The van der Waals surface area contributed by atoms with Crippen LogP contribution in [0.15, 0.2) is 48.6 Å². The van der Waals surface area contributed by atoms with Gasteiger partial charge in [0.15, 0.2) is 6.04 Å². The Morgan fingerprint density at radius 2 is 1.91 bits per heavy atom. The van der Waals surface area contributed by atoms with E-state index in [4.69, 9.17) is 20.6 Å². The standard InChI is InChI=1S/C24H31N3O4.ClH/c1-5-16-13-18(12-15(2)3)22(31-11-10-30-4)20(14-16)21(24(28)29)27-19-8-6-17(7-9-19)23(25)26;/h6-9,13-14,21,27H,2,5,10-12H2,1,3-4H3,(H3,25,26)(H,28,29);1H. The zero-order valence-electron chi connectivity index (χ0n) is 18.7. The maximum atomic E-state index is 12.3. The zero-order chi connectivity index (χ0) is 23.0. The molecule has 0 aliphatic heterocycles.